The van der Waals surface area contributed by atoms with Gasteiger partial charge in [0.15, 0.2) is 0 Å². The van der Waals surface area contributed by atoms with Crippen LogP contribution in [0.2, 0.25) is 0 Å². The molecule has 0 spiro atoms. The van der Waals surface area contributed by atoms with Crippen molar-refractivity contribution in [1.29, 1.82) is 0 Å². The molecule has 0 aliphatic carbocycles. The highest BCUT2D eigenvalue weighted by Crippen LogP contribution is 2.18. The number of rotatable bonds is 6. The van der Waals surface area contributed by atoms with Crippen LogP contribution in [0.4, 0.5) is 0 Å². The van der Waals surface area contributed by atoms with Crippen LogP contribution < -0.4 is 10.6 Å². The third kappa shape index (κ3) is 4.25. The number of likely N-dealkylation sites (N-methyl/N-ethyl adjacent to an activating group) is 2. The zero-order valence-corrected chi connectivity index (χ0v) is 12.9. The summed E-state index contributed by atoms with van der Waals surface area (Å²) in [5.74, 6) is -0.219. The molecule has 2 N–H and O–H groups in total. The molecule has 0 heterocycles. The molecule has 1 rings (SSSR count). The van der Waals surface area contributed by atoms with Crippen LogP contribution in [0.5, 0.6) is 0 Å². The highest BCUT2D eigenvalue weighted by molar-refractivity contribution is 7.80. The topological polar surface area (TPSA) is 61.4 Å². The van der Waals surface area contributed by atoms with Crippen LogP contribution in [0.25, 0.3) is 0 Å². The Bertz CT molecular complexity index is 451. The van der Waals surface area contributed by atoms with Crippen molar-refractivity contribution in [3.05, 3.63) is 35.9 Å². The van der Waals surface area contributed by atoms with E-state index in [2.05, 4.69) is 23.3 Å². The van der Waals surface area contributed by atoms with Crippen molar-refractivity contribution in [3.63, 3.8) is 0 Å². The van der Waals surface area contributed by atoms with E-state index < -0.39 is 12.1 Å². The van der Waals surface area contributed by atoms with Crippen molar-refractivity contribution >= 4 is 24.4 Å². The Morgan fingerprint density at radius 1 is 1.20 bits per heavy atom. The molecule has 0 aromatic heterocycles. The van der Waals surface area contributed by atoms with Crippen LogP contribution in [-0.2, 0) is 9.59 Å². The molecular weight excluding hydrogens is 274 g/mol. The van der Waals surface area contributed by atoms with Gasteiger partial charge < -0.3 is 10.6 Å². The molecular formula is C14H21N3O2S. The maximum atomic E-state index is 12.4. The van der Waals surface area contributed by atoms with E-state index >= 15 is 0 Å². The van der Waals surface area contributed by atoms with Gasteiger partial charge >= 0.3 is 0 Å². The first-order valence-electron chi connectivity index (χ1n) is 6.35. The van der Waals surface area contributed by atoms with Gasteiger partial charge in [0.1, 0.15) is 12.1 Å². The molecule has 6 heteroatoms. The summed E-state index contributed by atoms with van der Waals surface area (Å²) in [4.78, 5) is 25.8. The monoisotopic (exact) mass is 295 g/mol. The van der Waals surface area contributed by atoms with E-state index in [1.165, 1.54) is 7.05 Å². The summed E-state index contributed by atoms with van der Waals surface area (Å²) in [6.07, 6.45) is 0. The number of carbonyl (C=O) groups excluding carboxylic acids is 2. The van der Waals surface area contributed by atoms with Crippen LogP contribution in [0.15, 0.2) is 30.3 Å². The maximum Gasteiger partial charge on any atom is 0.243 e. The minimum Gasteiger partial charge on any atom is -0.357 e. The standard InChI is InChI=1S/C14H21N3O2S/c1-15-13(18)11(9-20)16-14(19)12(17(2)3)10-7-5-4-6-8-10/h4-8,11-12,20H,9H2,1-3H3,(H,15,18)(H,16,19). The SMILES string of the molecule is CNC(=O)C(CS)NC(=O)C(c1ccccc1)N(C)C. The second kappa shape index (κ2) is 7.91. The Balaban J connectivity index is 2.88. The molecule has 0 saturated heterocycles. The number of hydrogen-bond acceptors (Lipinski definition) is 4. The Hall–Kier alpha value is -1.53. The van der Waals surface area contributed by atoms with Crippen molar-refractivity contribution in [2.45, 2.75) is 12.1 Å². The van der Waals surface area contributed by atoms with Gasteiger partial charge in [-0.3, -0.25) is 14.5 Å². The fourth-order valence-electron chi connectivity index (χ4n) is 1.94. The van der Waals surface area contributed by atoms with E-state index in [1.54, 1.807) is 0 Å². The number of nitrogens with zero attached hydrogens (tertiary/aromatic N) is 1. The fourth-order valence-corrected chi connectivity index (χ4v) is 2.20. The van der Waals surface area contributed by atoms with Gasteiger partial charge in [-0.15, -0.1) is 0 Å². The molecule has 2 atom stereocenters. The van der Waals surface area contributed by atoms with Gasteiger partial charge in [0.2, 0.25) is 11.8 Å². The number of nitrogens with one attached hydrogen (secondary N) is 2. The van der Waals surface area contributed by atoms with E-state index in [0.717, 1.165) is 5.56 Å². The predicted molar refractivity (Wildman–Crippen MR) is 82.7 cm³/mol. The second-order valence-electron chi connectivity index (χ2n) is 4.63. The predicted octanol–water partition coefficient (Wildman–Crippen LogP) is 0.450. The highest BCUT2D eigenvalue weighted by atomic mass is 32.1. The van der Waals surface area contributed by atoms with Crippen LogP contribution in [0.3, 0.4) is 0 Å². The lowest BCUT2D eigenvalue weighted by atomic mass is 10.0. The molecule has 20 heavy (non-hydrogen) atoms. The van der Waals surface area contributed by atoms with Crippen LogP contribution in [-0.4, -0.2) is 49.7 Å². The molecule has 5 nitrogen and oxygen atoms in total. The molecule has 110 valence electrons. The lowest BCUT2D eigenvalue weighted by molar-refractivity contribution is -0.131. The van der Waals surface area contributed by atoms with Crippen LogP contribution >= 0.6 is 12.6 Å². The van der Waals surface area contributed by atoms with Crippen LogP contribution in [0, 0.1) is 0 Å². The summed E-state index contributed by atoms with van der Waals surface area (Å²) in [6.45, 7) is 0. The summed E-state index contributed by atoms with van der Waals surface area (Å²) >= 11 is 4.10. The van der Waals surface area contributed by atoms with Gasteiger partial charge in [-0.05, 0) is 19.7 Å². The molecule has 0 bridgehead atoms. The Morgan fingerprint density at radius 2 is 1.80 bits per heavy atom. The Labute approximate surface area is 125 Å². The van der Waals surface area contributed by atoms with Crippen molar-refractivity contribution in [2.24, 2.45) is 0 Å². The van der Waals surface area contributed by atoms with Crippen molar-refractivity contribution in [1.82, 2.24) is 15.5 Å². The third-order valence-corrected chi connectivity index (χ3v) is 3.31. The summed E-state index contributed by atoms with van der Waals surface area (Å²) in [7, 11) is 5.19. The highest BCUT2D eigenvalue weighted by Gasteiger charge is 2.26. The van der Waals surface area contributed by atoms with Gasteiger partial charge in [-0.1, -0.05) is 30.3 Å². The first-order chi connectivity index (χ1) is 9.51. The van der Waals surface area contributed by atoms with E-state index in [-0.39, 0.29) is 17.6 Å². The molecule has 2 unspecified atom stereocenters. The van der Waals surface area contributed by atoms with Crippen molar-refractivity contribution in [2.75, 3.05) is 26.9 Å². The lowest BCUT2D eigenvalue weighted by Gasteiger charge is -2.26. The summed E-state index contributed by atoms with van der Waals surface area (Å²) in [6, 6.07) is 8.36. The quantitative estimate of drug-likeness (QED) is 0.668. The van der Waals surface area contributed by atoms with Crippen molar-refractivity contribution < 1.29 is 9.59 Å². The molecule has 1 aromatic carbocycles. The number of carbonyl (C=O) groups is 2. The average Bonchev–Trinajstić information content (AvgIpc) is 2.44. The number of thiol groups is 1. The maximum absolute atomic E-state index is 12.4. The molecule has 0 aliphatic rings. The summed E-state index contributed by atoms with van der Waals surface area (Å²) in [5.41, 5.74) is 0.879. The summed E-state index contributed by atoms with van der Waals surface area (Å²) in [5, 5.41) is 5.24. The second-order valence-corrected chi connectivity index (χ2v) is 5.00. The minimum absolute atomic E-state index is 0.219. The van der Waals surface area contributed by atoms with Crippen LogP contribution in [0.1, 0.15) is 11.6 Å². The Kier molecular flexibility index (Phi) is 6.54. The van der Waals surface area contributed by atoms with Gasteiger partial charge in [0, 0.05) is 12.8 Å². The van der Waals surface area contributed by atoms with Gasteiger partial charge in [-0.25, -0.2) is 0 Å². The summed E-state index contributed by atoms with van der Waals surface area (Å²) < 4.78 is 0. The van der Waals surface area contributed by atoms with Crippen molar-refractivity contribution in [3.8, 4) is 0 Å². The normalized spacial score (nSPS) is 13.7. The van der Waals surface area contributed by atoms with E-state index in [0.29, 0.717) is 0 Å². The van der Waals surface area contributed by atoms with E-state index in [9.17, 15) is 9.59 Å². The molecule has 0 fully saturated rings. The first kappa shape index (κ1) is 16.5. The third-order valence-electron chi connectivity index (χ3n) is 2.94. The minimum atomic E-state index is -0.637. The molecule has 0 radical (unpaired) electrons. The van der Waals surface area contributed by atoms with E-state index in [1.807, 2.05) is 49.3 Å². The number of amides is 2. The van der Waals surface area contributed by atoms with Gasteiger partial charge in [0.25, 0.3) is 0 Å². The smallest absolute Gasteiger partial charge is 0.243 e. The van der Waals surface area contributed by atoms with E-state index in [4.69, 9.17) is 0 Å². The molecule has 0 saturated carbocycles. The zero-order valence-electron chi connectivity index (χ0n) is 12.0. The first-order valence-corrected chi connectivity index (χ1v) is 6.98. The van der Waals surface area contributed by atoms with Gasteiger partial charge in [0.05, 0.1) is 0 Å². The zero-order chi connectivity index (χ0) is 15.1. The van der Waals surface area contributed by atoms with Gasteiger partial charge in [-0.2, -0.15) is 12.6 Å². The molecule has 2 amide bonds. The molecule has 1 aromatic rings. The average molecular weight is 295 g/mol. The fraction of sp³-hybridized carbons (Fsp3) is 0.429. The molecule has 0 aliphatic heterocycles. The number of benzene rings is 1. The lowest BCUT2D eigenvalue weighted by Crippen LogP contribution is -2.50. The largest absolute Gasteiger partial charge is 0.357 e. The Morgan fingerprint density at radius 3 is 2.25 bits per heavy atom. The number of hydrogen-bond donors (Lipinski definition) is 3.